The van der Waals surface area contributed by atoms with E-state index in [9.17, 15) is 13.2 Å². The first-order valence-electron chi connectivity index (χ1n) is 8.66. The summed E-state index contributed by atoms with van der Waals surface area (Å²) in [4.78, 5) is 12.0. The predicted octanol–water partition coefficient (Wildman–Crippen LogP) is 3.30. The van der Waals surface area contributed by atoms with Crippen molar-refractivity contribution in [1.82, 2.24) is 5.32 Å². The highest BCUT2D eigenvalue weighted by molar-refractivity contribution is 7.92. The van der Waals surface area contributed by atoms with Gasteiger partial charge in [0.15, 0.2) is 0 Å². The van der Waals surface area contributed by atoms with E-state index in [1.807, 2.05) is 24.3 Å². The molecule has 0 heterocycles. The van der Waals surface area contributed by atoms with Gasteiger partial charge in [0, 0.05) is 18.7 Å². The third-order valence-electron chi connectivity index (χ3n) is 4.27. The second-order valence-corrected chi connectivity index (χ2v) is 8.73. The number of rotatable bonds is 9. The fraction of sp³-hybridized carbons (Fsp3) is 0.350. The van der Waals surface area contributed by atoms with Crippen LogP contribution in [0, 0.1) is 0 Å². The number of benzene rings is 2. The topological polar surface area (TPSA) is 75.3 Å². The molecule has 140 valence electrons. The van der Waals surface area contributed by atoms with Gasteiger partial charge in [0.25, 0.3) is 0 Å². The summed E-state index contributed by atoms with van der Waals surface area (Å²) in [5.74, 6) is -0.292. The third kappa shape index (κ3) is 6.52. The zero-order chi connectivity index (χ0) is 19.0. The Hall–Kier alpha value is -2.34. The van der Waals surface area contributed by atoms with Gasteiger partial charge >= 0.3 is 0 Å². The minimum atomic E-state index is -3.48. The lowest BCUT2D eigenvalue weighted by atomic mass is 9.80. The van der Waals surface area contributed by atoms with Crippen LogP contribution < -0.4 is 10.0 Å². The van der Waals surface area contributed by atoms with E-state index in [0.717, 1.165) is 0 Å². The molecule has 0 saturated heterocycles. The van der Waals surface area contributed by atoms with Gasteiger partial charge in [-0.1, -0.05) is 62.4 Å². The van der Waals surface area contributed by atoms with Gasteiger partial charge in [-0.15, -0.1) is 0 Å². The molecule has 2 N–H and O–H groups in total. The molecule has 0 spiro atoms. The quantitative estimate of drug-likeness (QED) is 0.707. The Labute approximate surface area is 155 Å². The second kappa shape index (κ2) is 8.85. The average molecular weight is 375 g/mol. The largest absolute Gasteiger partial charge is 0.355 e. The summed E-state index contributed by atoms with van der Waals surface area (Å²) in [6, 6.07) is 18.7. The van der Waals surface area contributed by atoms with Crippen LogP contribution in [0.3, 0.4) is 0 Å². The van der Waals surface area contributed by atoms with Gasteiger partial charge in [0.1, 0.15) is 0 Å². The number of sulfonamides is 1. The number of anilines is 1. The molecule has 0 fully saturated rings. The number of para-hydroxylation sites is 1. The molecule has 0 saturated carbocycles. The van der Waals surface area contributed by atoms with Gasteiger partial charge in [-0.2, -0.15) is 0 Å². The molecule has 0 aliphatic rings. The lowest BCUT2D eigenvalue weighted by Gasteiger charge is -2.25. The number of carbonyl (C=O) groups is 1. The molecule has 1 amide bonds. The van der Waals surface area contributed by atoms with Gasteiger partial charge < -0.3 is 5.32 Å². The van der Waals surface area contributed by atoms with E-state index in [1.165, 1.54) is 5.56 Å². The average Bonchev–Trinajstić information content (AvgIpc) is 2.61. The lowest BCUT2D eigenvalue weighted by molar-refractivity contribution is -0.121. The minimum absolute atomic E-state index is 0.0900. The van der Waals surface area contributed by atoms with Gasteiger partial charge in [0.2, 0.25) is 15.9 Å². The molecule has 5 nitrogen and oxygen atoms in total. The first kappa shape index (κ1) is 20.0. The van der Waals surface area contributed by atoms with Crippen LogP contribution in [-0.4, -0.2) is 26.6 Å². The summed E-state index contributed by atoms with van der Waals surface area (Å²) in [7, 11) is -3.48. The molecule has 0 aliphatic heterocycles. The first-order chi connectivity index (χ1) is 12.3. The van der Waals surface area contributed by atoms with Crippen LogP contribution in [0.4, 0.5) is 5.69 Å². The zero-order valence-corrected chi connectivity index (χ0v) is 16.1. The van der Waals surface area contributed by atoms with Crippen LogP contribution in [0.1, 0.15) is 32.3 Å². The zero-order valence-electron chi connectivity index (χ0n) is 15.2. The molecule has 2 rings (SSSR count). The van der Waals surface area contributed by atoms with Crippen LogP contribution in [0.25, 0.3) is 0 Å². The van der Waals surface area contributed by atoms with E-state index >= 15 is 0 Å². The number of carbonyl (C=O) groups excluding carboxylic acids is 1. The number of nitrogens with one attached hydrogen (secondary N) is 2. The molecular weight excluding hydrogens is 348 g/mol. The Kier molecular flexibility index (Phi) is 6.80. The van der Waals surface area contributed by atoms with Crippen molar-refractivity contribution in [3.8, 4) is 0 Å². The van der Waals surface area contributed by atoms with E-state index in [2.05, 4.69) is 36.0 Å². The van der Waals surface area contributed by atoms with Crippen molar-refractivity contribution in [3.05, 3.63) is 66.2 Å². The minimum Gasteiger partial charge on any atom is -0.355 e. The molecule has 0 unspecified atom stereocenters. The van der Waals surface area contributed by atoms with Crippen molar-refractivity contribution >= 4 is 21.6 Å². The molecule has 0 atom stereocenters. The molecule has 0 aromatic heterocycles. The van der Waals surface area contributed by atoms with Crippen LogP contribution in [0.15, 0.2) is 60.7 Å². The number of hydrogen-bond acceptors (Lipinski definition) is 3. The predicted molar refractivity (Wildman–Crippen MR) is 106 cm³/mol. The fourth-order valence-electron chi connectivity index (χ4n) is 2.61. The second-order valence-electron chi connectivity index (χ2n) is 6.89. The van der Waals surface area contributed by atoms with Crippen LogP contribution in [0.5, 0.6) is 0 Å². The molecule has 26 heavy (non-hydrogen) atoms. The van der Waals surface area contributed by atoms with Crippen LogP contribution in [0.2, 0.25) is 0 Å². The van der Waals surface area contributed by atoms with E-state index in [4.69, 9.17) is 0 Å². The van der Waals surface area contributed by atoms with Crippen LogP contribution >= 0.6 is 0 Å². The smallest absolute Gasteiger partial charge is 0.234 e. The Morgan fingerprint density at radius 2 is 1.54 bits per heavy atom. The highest BCUT2D eigenvalue weighted by Gasteiger charge is 2.21. The van der Waals surface area contributed by atoms with Crippen molar-refractivity contribution in [2.45, 2.75) is 32.1 Å². The molecular formula is C20H26N2O3S. The fourth-order valence-corrected chi connectivity index (χ4v) is 3.58. The van der Waals surface area contributed by atoms with Gasteiger partial charge in [-0.05, 0) is 29.5 Å². The van der Waals surface area contributed by atoms with E-state index in [-0.39, 0.29) is 23.6 Å². The summed E-state index contributed by atoms with van der Waals surface area (Å²) in [5.41, 5.74) is 1.59. The normalized spacial score (nSPS) is 11.8. The van der Waals surface area contributed by atoms with E-state index in [0.29, 0.717) is 18.5 Å². The molecule has 6 heteroatoms. The molecule has 0 radical (unpaired) electrons. The van der Waals surface area contributed by atoms with Crippen molar-refractivity contribution in [2.24, 2.45) is 0 Å². The Balaban J connectivity index is 1.75. The molecule has 0 aliphatic carbocycles. The highest BCUT2D eigenvalue weighted by atomic mass is 32.2. The maximum absolute atomic E-state index is 12.0. The summed E-state index contributed by atoms with van der Waals surface area (Å²) in [5, 5.41) is 2.69. The standard InChI is InChI=1S/C20H26N2O3S/c1-20(2,17-9-5-3-6-10-17)14-13-19(23)21-15-16-26(24,25)22-18-11-7-4-8-12-18/h3-12,22H,13-16H2,1-2H3,(H,21,23). The maximum atomic E-state index is 12.0. The van der Waals surface area contributed by atoms with Crippen molar-refractivity contribution in [1.29, 1.82) is 0 Å². The summed E-state index contributed by atoms with van der Waals surface area (Å²) in [6.45, 7) is 4.29. The lowest BCUT2D eigenvalue weighted by Crippen LogP contribution is -2.32. The highest BCUT2D eigenvalue weighted by Crippen LogP contribution is 2.27. The maximum Gasteiger partial charge on any atom is 0.234 e. The van der Waals surface area contributed by atoms with Crippen molar-refractivity contribution < 1.29 is 13.2 Å². The van der Waals surface area contributed by atoms with Gasteiger partial charge in [0.05, 0.1) is 5.75 Å². The monoisotopic (exact) mass is 374 g/mol. The van der Waals surface area contributed by atoms with Gasteiger partial charge in [-0.25, -0.2) is 8.42 Å². The van der Waals surface area contributed by atoms with E-state index < -0.39 is 10.0 Å². The summed E-state index contributed by atoms with van der Waals surface area (Å²) < 4.78 is 26.5. The number of hydrogen-bond donors (Lipinski definition) is 2. The van der Waals surface area contributed by atoms with Gasteiger partial charge in [-0.3, -0.25) is 9.52 Å². The molecule has 2 aromatic rings. The Bertz CT molecular complexity index is 803. The van der Waals surface area contributed by atoms with Crippen LogP contribution in [-0.2, 0) is 20.2 Å². The molecule has 0 bridgehead atoms. The Morgan fingerprint density at radius 3 is 2.15 bits per heavy atom. The summed E-state index contributed by atoms with van der Waals surface area (Å²) >= 11 is 0. The van der Waals surface area contributed by atoms with Crippen molar-refractivity contribution in [2.75, 3.05) is 17.0 Å². The van der Waals surface area contributed by atoms with E-state index in [1.54, 1.807) is 24.3 Å². The third-order valence-corrected chi connectivity index (χ3v) is 5.56. The number of amides is 1. The summed E-state index contributed by atoms with van der Waals surface area (Å²) in [6.07, 6.45) is 1.05. The van der Waals surface area contributed by atoms with Crippen molar-refractivity contribution in [3.63, 3.8) is 0 Å². The molecule has 2 aromatic carbocycles. The SMILES string of the molecule is CC(C)(CCC(=O)NCCS(=O)(=O)Nc1ccccc1)c1ccccc1. The first-order valence-corrected chi connectivity index (χ1v) is 10.3. The Morgan fingerprint density at radius 1 is 0.962 bits per heavy atom.